The van der Waals surface area contributed by atoms with Crippen LogP contribution < -0.4 is 5.32 Å². The van der Waals surface area contributed by atoms with E-state index >= 15 is 0 Å². The number of nitrogens with one attached hydrogen (secondary N) is 1. The molecule has 0 unspecified atom stereocenters. The van der Waals surface area contributed by atoms with Gasteiger partial charge in [0.1, 0.15) is 6.04 Å². The zero-order valence-corrected chi connectivity index (χ0v) is 12.8. The summed E-state index contributed by atoms with van der Waals surface area (Å²) in [5.74, 6) is -1.89. The minimum atomic E-state index is -3.22. The molecule has 1 aliphatic rings. The Hall–Kier alpha value is -1.15. The Morgan fingerprint density at radius 3 is 2.10 bits per heavy atom. The maximum absolute atomic E-state index is 12.0. The van der Waals surface area contributed by atoms with Crippen LogP contribution in [0.1, 0.15) is 26.7 Å². The van der Waals surface area contributed by atoms with E-state index in [0.717, 1.165) is 6.26 Å². The lowest BCUT2D eigenvalue weighted by Gasteiger charge is -2.30. The van der Waals surface area contributed by atoms with Gasteiger partial charge in [0, 0.05) is 19.0 Å². The van der Waals surface area contributed by atoms with E-state index in [-0.39, 0.29) is 17.7 Å². The molecule has 0 aromatic carbocycles. The minimum Gasteiger partial charge on any atom is -0.480 e. The van der Waals surface area contributed by atoms with Gasteiger partial charge in [-0.1, -0.05) is 13.8 Å². The number of carboxylic acids is 1. The fourth-order valence-corrected chi connectivity index (χ4v) is 3.11. The average molecular weight is 306 g/mol. The number of carbonyl (C=O) groups excluding carboxylic acids is 1. The molecule has 20 heavy (non-hydrogen) atoms. The zero-order valence-electron chi connectivity index (χ0n) is 12.0. The molecule has 1 saturated heterocycles. The second-order valence-corrected chi connectivity index (χ2v) is 7.49. The van der Waals surface area contributed by atoms with Crippen LogP contribution in [0.15, 0.2) is 0 Å². The minimum absolute atomic E-state index is 0.201. The Morgan fingerprint density at radius 2 is 1.75 bits per heavy atom. The van der Waals surface area contributed by atoms with Gasteiger partial charge in [-0.15, -0.1) is 0 Å². The number of nitrogens with zero attached hydrogens (tertiary/aromatic N) is 1. The summed E-state index contributed by atoms with van der Waals surface area (Å²) in [6, 6.07) is -0.907. The SMILES string of the molecule is CC(C)[C@H](NC(=O)C1CCN(S(C)(=O)=O)CC1)C(=O)O. The first kappa shape index (κ1) is 16.9. The van der Waals surface area contributed by atoms with Gasteiger partial charge in [0.2, 0.25) is 15.9 Å². The van der Waals surface area contributed by atoms with Crippen molar-refractivity contribution in [1.82, 2.24) is 9.62 Å². The fourth-order valence-electron chi connectivity index (χ4n) is 2.23. The predicted octanol–water partition coefficient (Wildman–Crippen LogP) is -0.117. The van der Waals surface area contributed by atoms with Crippen molar-refractivity contribution >= 4 is 21.9 Å². The number of amides is 1. The van der Waals surface area contributed by atoms with E-state index < -0.39 is 22.0 Å². The summed E-state index contributed by atoms with van der Waals surface area (Å²) in [5.41, 5.74) is 0. The maximum Gasteiger partial charge on any atom is 0.326 e. The van der Waals surface area contributed by atoms with Crippen LogP contribution >= 0.6 is 0 Å². The Labute approximate surface area is 119 Å². The van der Waals surface area contributed by atoms with Crippen molar-refractivity contribution in [1.29, 1.82) is 0 Å². The third-order valence-electron chi connectivity index (χ3n) is 3.52. The van der Waals surface area contributed by atoms with Crippen molar-refractivity contribution < 1.29 is 23.1 Å². The molecule has 8 heteroatoms. The summed E-state index contributed by atoms with van der Waals surface area (Å²) in [7, 11) is -3.22. The lowest BCUT2D eigenvalue weighted by Crippen LogP contribution is -2.49. The smallest absolute Gasteiger partial charge is 0.326 e. The summed E-state index contributed by atoms with van der Waals surface area (Å²) in [6.45, 7) is 4.06. The summed E-state index contributed by atoms with van der Waals surface area (Å²) in [4.78, 5) is 23.1. The summed E-state index contributed by atoms with van der Waals surface area (Å²) in [5, 5.41) is 11.6. The quantitative estimate of drug-likeness (QED) is 0.737. The molecule has 7 nitrogen and oxygen atoms in total. The first-order valence-corrected chi connectivity index (χ1v) is 8.46. The number of carboxylic acid groups (broad SMARTS) is 1. The highest BCUT2D eigenvalue weighted by molar-refractivity contribution is 7.88. The van der Waals surface area contributed by atoms with Gasteiger partial charge in [0.15, 0.2) is 0 Å². The molecule has 0 bridgehead atoms. The number of hydrogen-bond donors (Lipinski definition) is 2. The van der Waals surface area contributed by atoms with Gasteiger partial charge in [-0.25, -0.2) is 17.5 Å². The molecule has 1 aliphatic heterocycles. The van der Waals surface area contributed by atoms with Crippen LogP contribution in [0.25, 0.3) is 0 Å². The lowest BCUT2D eigenvalue weighted by molar-refractivity contribution is -0.144. The second-order valence-electron chi connectivity index (χ2n) is 5.50. The normalized spacial score (nSPS) is 19.8. The Kier molecular flexibility index (Phi) is 5.52. The number of hydrogen-bond acceptors (Lipinski definition) is 4. The van der Waals surface area contributed by atoms with Gasteiger partial charge in [0.05, 0.1) is 6.26 Å². The third kappa shape index (κ3) is 4.45. The molecule has 2 N–H and O–H groups in total. The van der Waals surface area contributed by atoms with Gasteiger partial charge in [-0.2, -0.15) is 0 Å². The van der Waals surface area contributed by atoms with E-state index in [4.69, 9.17) is 5.11 Å². The molecule has 1 amide bonds. The van der Waals surface area contributed by atoms with Gasteiger partial charge in [-0.3, -0.25) is 4.79 Å². The van der Waals surface area contributed by atoms with Gasteiger partial charge < -0.3 is 10.4 Å². The summed E-state index contributed by atoms with van der Waals surface area (Å²) < 4.78 is 24.1. The number of aliphatic carboxylic acids is 1. The van der Waals surface area contributed by atoms with Crippen LogP contribution in [0.2, 0.25) is 0 Å². The van der Waals surface area contributed by atoms with Gasteiger partial charge in [0.25, 0.3) is 0 Å². The standard InChI is InChI=1S/C12H22N2O5S/c1-8(2)10(12(16)17)13-11(15)9-4-6-14(7-5-9)20(3,18)19/h8-10H,4-7H2,1-3H3,(H,13,15)(H,16,17)/t10-/m0/s1. The van der Waals surface area contributed by atoms with E-state index in [1.165, 1.54) is 4.31 Å². The van der Waals surface area contributed by atoms with Crippen LogP contribution in [-0.4, -0.2) is 55.1 Å². The molecule has 0 spiro atoms. The molecule has 0 saturated carbocycles. The highest BCUT2D eigenvalue weighted by atomic mass is 32.2. The predicted molar refractivity (Wildman–Crippen MR) is 73.5 cm³/mol. The van der Waals surface area contributed by atoms with E-state index in [0.29, 0.717) is 25.9 Å². The molecule has 1 rings (SSSR count). The molecule has 0 radical (unpaired) electrons. The van der Waals surface area contributed by atoms with Crippen molar-refractivity contribution in [2.75, 3.05) is 19.3 Å². The molecule has 0 aromatic heterocycles. The molecule has 0 aromatic rings. The highest BCUT2D eigenvalue weighted by Crippen LogP contribution is 2.19. The number of piperidine rings is 1. The zero-order chi connectivity index (χ0) is 15.5. The van der Waals surface area contributed by atoms with Crippen molar-refractivity contribution in [3.8, 4) is 0 Å². The van der Waals surface area contributed by atoms with Gasteiger partial charge in [-0.05, 0) is 18.8 Å². The third-order valence-corrected chi connectivity index (χ3v) is 4.83. The van der Waals surface area contributed by atoms with Crippen LogP contribution in [-0.2, 0) is 19.6 Å². The van der Waals surface area contributed by atoms with Crippen LogP contribution in [0.3, 0.4) is 0 Å². The molecule has 116 valence electrons. The average Bonchev–Trinajstić information content (AvgIpc) is 2.34. The van der Waals surface area contributed by atoms with E-state index in [1.54, 1.807) is 13.8 Å². The Balaban J connectivity index is 2.57. The Bertz CT molecular complexity index is 466. The number of sulfonamides is 1. The van der Waals surface area contributed by atoms with Crippen molar-refractivity contribution in [3.05, 3.63) is 0 Å². The van der Waals surface area contributed by atoms with E-state index in [1.807, 2.05) is 0 Å². The first-order chi connectivity index (χ1) is 9.12. The monoisotopic (exact) mass is 306 g/mol. The lowest BCUT2D eigenvalue weighted by atomic mass is 9.95. The number of rotatable bonds is 5. The topological polar surface area (TPSA) is 104 Å². The van der Waals surface area contributed by atoms with Crippen LogP contribution in [0, 0.1) is 11.8 Å². The molecule has 0 aliphatic carbocycles. The van der Waals surface area contributed by atoms with E-state index in [2.05, 4.69) is 5.32 Å². The van der Waals surface area contributed by atoms with Crippen molar-refractivity contribution in [2.24, 2.45) is 11.8 Å². The summed E-state index contributed by atoms with van der Waals surface area (Å²) in [6.07, 6.45) is 1.99. The summed E-state index contributed by atoms with van der Waals surface area (Å²) >= 11 is 0. The van der Waals surface area contributed by atoms with Crippen LogP contribution in [0.4, 0.5) is 0 Å². The first-order valence-electron chi connectivity index (χ1n) is 6.61. The second kappa shape index (κ2) is 6.53. The maximum atomic E-state index is 12.0. The highest BCUT2D eigenvalue weighted by Gasteiger charge is 2.31. The fraction of sp³-hybridized carbons (Fsp3) is 0.833. The molecule has 1 fully saturated rings. The van der Waals surface area contributed by atoms with Crippen molar-refractivity contribution in [3.63, 3.8) is 0 Å². The van der Waals surface area contributed by atoms with Gasteiger partial charge >= 0.3 is 5.97 Å². The molecule has 1 atom stereocenters. The molecular formula is C12H22N2O5S. The number of carbonyl (C=O) groups is 2. The Morgan fingerprint density at radius 1 is 1.25 bits per heavy atom. The van der Waals surface area contributed by atoms with Crippen molar-refractivity contribution in [2.45, 2.75) is 32.7 Å². The molecular weight excluding hydrogens is 284 g/mol. The molecule has 1 heterocycles. The van der Waals surface area contributed by atoms with Crippen LogP contribution in [0.5, 0.6) is 0 Å². The van der Waals surface area contributed by atoms with E-state index in [9.17, 15) is 18.0 Å². The largest absolute Gasteiger partial charge is 0.480 e.